The average molecular weight is 242 g/mol. The third-order valence-electron chi connectivity index (χ3n) is 2.86. The SMILES string of the molecule is CC(C)[C@H](CC=O)C(=O)NCC(C)(C)C(N)=O. The van der Waals surface area contributed by atoms with Gasteiger partial charge in [0.1, 0.15) is 6.29 Å². The lowest BCUT2D eigenvalue weighted by Crippen LogP contribution is -2.44. The van der Waals surface area contributed by atoms with Crippen molar-refractivity contribution in [3.05, 3.63) is 0 Å². The largest absolute Gasteiger partial charge is 0.369 e. The van der Waals surface area contributed by atoms with Crippen molar-refractivity contribution in [2.45, 2.75) is 34.1 Å². The molecule has 0 aliphatic carbocycles. The second kappa shape index (κ2) is 6.37. The van der Waals surface area contributed by atoms with Gasteiger partial charge in [-0.3, -0.25) is 9.59 Å². The average Bonchev–Trinajstić information content (AvgIpc) is 2.22. The summed E-state index contributed by atoms with van der Waals surface area (Å²) in [6.07, 6.45) is 0.934. The molecule has 0 spiro atoms. The molecular formula is C12H22N2O3. The molecule has 2 amide bonds. The highest BCUT2D eigenvalue weighted by molar-refractivity contribution is 5.83. The summed E-state index contributed by atoms with van der Waals surface area (Å²) < 4.78 is 0. The highest BCUT2D eigenvalue weighted by Crippen LogP contribution is 2.16. The molecule has 5 heteroatoms. The predicted octanol–water partition coefficient (Wildman–Crippen LogP) is 0.475. The van der Waals surface area contributed by atoms with E-state index in [1.54, 1.807) is 13.8 Å². The van der Waals surface area contributed by atoms with Gasteiger partial charge in [-0.05, 0) is 19.8 Å². The van der Waals surface area contributed by atoms with Gasteiger partial charge in [0.25, 0.3) is 0 Å². The Kier molecular flexibility index (Phi) is 5.85. The van der Waals surface area contributed by atoms with Crippen LogP contribution in [0.25, 0.3) is 0 Å². The molecular weight excluding hydrogens is 220 g/mol. The van der Waals surface area contributed by atoms with E-state index in [0.717, 1.165) is 6.29 Å². The summed E-state index contributed by atoms with van der Waals surface area (Å²) >= 11 is 0. The van der Waals surface area contributed by atoms with Gasteiger partial charge in [0.2, 0.25) is 11.8 Å². The third kappa shape index (κ3) is 4.97. The Morgan fingerprint density at radius 1 is 1.35 bits per heavy atom. The maximum atomic E-state index is 11.8. The van der Waals surface area contributed by atoms with Crippen LogP contribution in [0.2, 0.25) is 0 Å². The fraction of sp³-hybridized carbons (Fsp3) is 0.750. The van der Waals surface area contributed by atoms with Crippen LogP contribution >= 0.6 is 0 Å². The normalized spacial score (nSPS) is 13.2. The molecule has 0 bridgehead atoms. The molecule has 0 fully saturated rings. The summed E-state index contributed by atoms with van der Waals surface area (Å²) in [5.74, 6) is -0.941. The first-order chi connectivity index (χ1) is 7.72. The van der Waals surface area contributed by atoms with E-state index in [1.165, 1.54) is 0 Å². The van der Waals surface area contributed by atoms with Crippen molar-refractivity contribution in [1.82, 2.24) is 5.32 Å². The molecule has 0 aliphatic heterocycles. The molecule has 0 aliphatic rings. The summed E-state index contributed by atoms with van der Waals surface area (Å²) in [7, 11) is 0. The number of hydrogen-bond acceptors (Lipinski definition) is 3. The molecule has 0 aromatic heterocycles. The molecule has 0 saturated carbocycles. The van der Waals surface area contributed by atoms with Gasteiger partial charge in [-0.15, -0.1) is 0 Å². The summed E-state index contributed by atoms with van der Waals surface area (Å²) in [6, 6.07) is 0. The molecule has 1 atom stereocenters. The van der Waals surface area contributed by atoms with Crippen LogP contribution < -0.4 is 11.1 Å². The lowest BCUT2D eigenvalue weighted by molar-refractivity contribution is -0.130. The van der Waals surface area contributed by atoms with Crippen molar-refractivity contribution in [2.24, 2.45) is 23.0 Å². The minimum absolute atomic E-state index is 0.0805. The number of carbonyl (C=O) groups excluding carboxylic acids is 3. The smallest absolute Gasteiger partial charge is 0.224 e. The van der Waals surface area contributed by atoms with Gasteiger partial charge < -0.3 is 15.8 Å². The maximum absolute atomic E-state index is 11.8. The van der Waals surface area contributed by atoms with E-state index in [0.29, 0.717) is 0 Å². The minimum Gasteiger partial charge on any atom is -0.369 e. The Labute approximate surface area is 102 Å². The van der Waals surface area contributed by atoms with E-state index < -0.39 is 11.3 Å². The van der Waals surface area contributed by atoms with E-state index in [4.69, 9.17) is 5.73 Å². The van der Waals surface area contributed by atoms with Gasteiger partial charge in [0.05, 0.1) is 5.41 Å². The second-order valence-electron chi connectivity index (χ2n) is 5.22. The lowest BCUT2D eigenvalue weighted by Gasteiger charge is -2.24. The standard InChI is InChI=1S/C12H22N2O3/c1-8(2)9(5-6-15)10(16)14-7-12(3,4)11(13)17/h6,8-9H,5,7H2,1-4H3,(H2,13,17)(H,14,16)/t9-/m0/s1. The van der Waals surface area contributed by atoms with E-state index in [-0.39, 0.29) is 30.7 Å². The minimum atomic E-state index is -0.779. The Bertz CT molecular complexity index is 298. The van der Waals surface area contributed by atoms with Crippen LogP contribution in [0.3, 0.4) is 0 Å². The van der Waals surface area contributed by atoms with E-state index in [9.17, 15) is 14.4 Å². The number of aldehydes is 1. The molecule has 0 heterocycles. The van der Waals surface area contributed by atoms with Gasteiger partial charge in [-0.1, -0.05) is 13.8 Å². The highest BCUT2D eigenvalue weighted by atomic mass is 16.2. The lowest BCUT2D eigenvalue weighted by atomic mass is 9.90. The van der Waals surface area contributed by atoms with Gasteiger partial charge in [-0.2, -0.15) is 0 Å². The molecule has 0 rings (SSSR count). The number of nitrogens with two attached hydrogens (primary N) is 1. The number of primary amides is 1. The molecule has 0 unspecified atom stereocenters. The maximum Gasteiger partial charge on any atom is 0.224 e. The summed E-state index contributed by atoms with van der Waals surface area (Å²) in [5.41, 5.74) is 4.43. The molecule has 0 saturated heterocycles. The fourth-order valence-electron chi connectivity index (χ4n) is 1.31. The van der Waals surface area contributed by atoms with Gasteiger partial charge in [0, 0.05) is 18.9 Å². The van der Waals surface area contributed by atoms with E-state index in [2.05, 4.69) is 5.32 Å². The summed E-state index contributed by atoms with van der Waals surface area (Å²) in [5, 5.41) is 2.67. The third-order valence-corrected chi connectivity index (χ3v) is 2.86. The van der Waals surface area contributed by atoms with Crippen molar-refractivity contribution in [1.29, 1.82) is 0 Å². The molecule has 0 radical (unpaired) electrons. The molecule has 0 aromatic carbocycles. The van der Waals surface area contributed by atoms with Gasteiger partial charge in [0.15, 0.2) is 0 Å². The molecule has 0 aromatic rings. The highest BCUT2D eigenvalue weighted by Gasteiger charge is 2.28. The van der Waals surface area contributed by atoms with Crippen LogP contribution in [0.15, 0.2) is 0 Å². The number of hydrogen-bond donors (Lipinski definition) is 2. The molecule has 5 nitrogen and oxygen atoms in total. The van der Waals surface area contributed by atoms with E-state index >= 15 is 0 Å². The van der Waals surface area contributed by atoms with Crippen molar-refractivity contribution in [2.75, 3.05) is 6.54 Å². The quantitative estimate of drug-likeness (QED) is 0.636. The Balaban J connectivity index is 4.43. The van der Waals surface area contributed by atoms with Crippen LogP contribution in [0, 0.1) is 17.3 Å². The van der Waals surface area contributed by atoms with E-state index in [1.807, 2.05) is 13.8 Å². The molecule has 98 valence electrons. The first kappa shape index (κ1) is 15.6. The van der Waals surface area contributed by atoms with Crippen molar-refractivity contribution >= 4 is 18.1 Å². The number of rotatable bonds is 7. The fourth-order valence-corrected chi connectivity index (χ4v) is 1.31. The first-order valence-corrected chi connectivity index (χ1v) is 5.73. The van der Waals surface area contributed by atoms with Crippen molar-refractivity contribution in [3.8, 4) is 0 Å². The zero-order chi connectivity index (χ0) is 13.6. The summed E-state index contributed by atoms with van der Waals surface area (Å²) in [4.78, 5) is 33.4. The summed E-state index contributed by atoms with van der Waals surface area (Å²) in [6.45, 7) is 7.28. The second-order valence-corrected chi connectivity index (χ2v) is 5.22. The van der Waals surface area contributed by atoms with Crippen molar-refractivity contribution < 1.29 is 14.4 Å². The molecule has 3 N–H and O–H groups in total. The van der Waals surface area contributed by atoms with Crippen LogP contribution in [0.1, 0.15) is 34.1 Å². The molecule has 17 heavy (non-hydrogen) atoms. The van der Waals surface area contributed by atoms with Crippen molar-refractivity contribution in [3.63, 3.8) is 0 Å². The zero-order valence-corrected chi connectivity index (χ0v) is 10.9. The number of amides is 2. The number of carbonyl (C=O) groups is 3. The predicted molar refractivity (Wildman–Crippen MR) is 65.0 cm³/mol. The Morgan fingerprint density at radius 2 is 1.88 bits per heavy atom. The van der Waals surface area contributed by atoms with Gasteiger partial charge in [-0.25, -0.2) is 0 Å². The zero-order valence-electron chi connectivity index (χ0n) is 10.9. The van der Waals surface area contributed by atoms with Crippen LogP contribution in [0.5, 0.6) is 0 Å². The Hall–Kier alpha value is -1.39. The Morgan fingerprint density at radius 3 is 2.24 bits per heavy atom. The van der Waals surface area contributed by atoms with Gasteiger partial charge >= 0.3 is 0 Å². The van der Waals surface area contributed by atoms with Crippen LogP contribution in [0.4, 0.5) is 0 Å². The number of nitrogens with one attached hydrogen (secondary N) is 1. The topological polar surface area (TPSA) is 89.3 Å². The first-order valence-electron chi connectivity index (χ1n) is 5.73. The van der Waals surface area contributed by atoms with Crippen LogP contribution in [-0.4, -0.2) is 24.6 Å². The monoisotopic (exact) mass is 242 g/mol. The van der Waals surface area contributed by atoms with Crippen LogP contribution in [-0.2, 0) is 14.4 Å².